The lowest BCUT2D eigenvalue weighted by Crippen LogP contribution is -2.53. The Kier molecular flexibility index (Phi) is 5.62. The molecule has 0 radical (unpaired) electrons. The fourth-order valence-electron chi connectivity index (χ4n) is 5.28. The van der Waals surface area contributed by atoms with Crippen molar-refractivity contribution in [3.63, 3.8) is 0 Å². The summed E-state index contributed by atoms with van der Waals surface area (Å²) in [5.74, 6) is 0. The zero-order chi connectivity index (χ0) is 18.0. The third-order valence-corrected chi connectivity index (χ3v) is 6.73. The number of piperazine rings is 1. The summed E-state index contributed by atoms with van der Waals surface area (Å²) in [5, 5.41) is 14.9. The lowest BCUT2D eigenvalue weighted by molar-refractivity contribution is -0.0205. The van der Waals surface area contributed by atoms with Crippen LogP contribution in [0.1, 0.15) is 36.9 Å². The van der Waals surface area contributed by atoms with Gasteiger partial charge in [-0.05, 0) is 44.0 Å². The second-order valence-corrected chi connectivity index (χ2v) is 7.96. The summed E-state index contributed by atoms with van der Waals surface area (Å²) in [7, 11) is 0. The smallest absolute Gasteiger partial charge is 0.0834 e. The normalized spacial score (nSPS) is 29.2. The largest absolute Gasteiger partial charge is 0.390 e. The number of fused-ring (bicyclic) bond motifs is 2. The van der Waals surface area contributed by atoms with Gasteiger partial charge in [-0.25, -0.2) is 0 Å². The van der Waals surface area contributed by atoms with Crippen LogP contribution in [0.25, 0.3) is 0 Å². The van der Waals surface area contributed by atoms with Gasteiger partial charge >= 0.3 is 0 Å². The van der Waals surface area contributed by atoms with Crippen LogP contribution >= 0.6 is 0 Å². The van der Waals surface area contributed by atoms with Crippen molar-refractivity contribution in [2.24, 2.45) is 0 Å². The van der Waals surface area contributed by atoms with Crippen molar-refractivity contribution in [3.05, 3.63) is 35.4 Å². The molecule has 1 aliphatic carbocycles. The van der Waals surface area contributed by atoms with E-state index < -0.39 is 0 Å². The molecule has 2 saturated heterocycles. The second kappa shape index (κ2) is 7.95. The number of ether oxygens (including phenoxy) is 1. The zero-order valence-corrected chi connectivity index (χ0v) is 16.0. The third kappa shape index (κ3) is 3.20. The van der Waals surface area contributed by atoms with Crippen molar-refractivity contribution in [2.75, 3.05) is 59.0 Å². The van der Waals surface area contributed by atoms with Gasteiger partial charge in [0.1, 0.15) is 0 Å². The van der Waals surface area contributed by atoms with Gasteiger partial charge < -0.3 is 15.2 Å². The molecular weight excluding hydrogens is 326 g/mol. The van der Waals surface area contributed by atoms with Crippen LogP contribution in [0, 0.1) is 0 Å². The van der Waals surface area contributed by atoms with Gasteiger partial charge in [0.15, 0.2) is 0 Å². The highest BCUT2D eigenvalue weighted by Crippen LogP contribution is 2.52. The van der Waals surface area contributed by atoms with Crippen LogP contribution in [-0.2, 0) is 10.2 Å². The lowest BCUT2D eigenvalue weighted by Gasteiger charge is -2.43. The Hall–Kier alpha value is -0.980. The van der Waals surface area contributed by atoms with Crippen LogP contribution in [0.15, 0.2) is 24.3 Å². The maximum atomic E-state index is 11.5. The number of benzene rings is 1. The van der Waals surface area contributed by atoms with E-state index in [-0.39, 0.29) is 17.6 Å². The quantitative estimate of drug-likeness (QED) is 0.778. The maximum absolute atomic E-state index is 11.5. The number of rotatable bonds is 5. The summed E-state index contributed by atoms with van der Waals surface area (Å²) in [6.07, 6.45) is 1.78. The van der Waals surface area contributed by atoms with Crippen molar-refractivity contribution in [1.29, 1.82) is 0 Å². The minimum atomic E-state index is -0.294. The molecule has 0 unspecified atom stereocenters. The van der Waals surface area contributed by atoms with Gasteiger partial charge in [0.2, 0.25) is 0 Å². The van der Waals surface area contributed by atoms with Gasteiger partial charge in [0, 0.05) is 44.7 Å². The standard InChI is InChI=1S/C21H33N3O2/c1-2-26-16-15-23-11-13-24(14-12-23)19-17-5-3-4-6-18(17)21(20(19)25)7-9-22-10-8-21/h3-6,19-20,22,25H,2,7-16H2,1H3/t19-,20+/m1/s1. The van der Waals surface area contributed by atoms with Crippen molar-refractivity contribution >= 4 is 0 Å². The predicted molar refractivity (Wildman–Crippen MR) is 103 cm³/mol. The Morgan fingerprint density at radius 1 is 1.15 bits per heavy atom. The van der Waals surface area contributed by atoms with E-state index in [1.54, 1.807) is 0 Å². The Labute approximate surface area is 157 Å². The van der Waals surface area contributed by atoms with E-state index in [9.17, 15) is 5.11 Å². The fourth-order valence-corrected chi connectivity index (χ4v) is 5.28. The zero-order valence-electron chi connectivity index (χ0n) is 16.0. The van der Waals surface area contributed by atoms with E-state index in [4.69, 9.17) is 4.74 Å². The number of nitrogens with zero attached hydrogens (tertiary/aromatic N) is 2. The minimum Gasteiger partial charge on any atom is -0.390 e. The van der Waals surface area contributed by atoms with Gasteiger partial charge in [-0.1, -0.05) is 24.3 Å². The number of hydrogen-bond donors (Lipinski definition) is 2. The molecule has 2 aliphatic heterocycles. The molecule has 5 heteroatoms. The molecule has 1 aromatic rings. The number of aliphatic hydroxyl groups is 1. The van der Waals surface area contributed by atoms with Crippen LogP contribution in [0.2, 0.25) is 0 Å². The topological polar surface area (TPSA) is 48.0 Å². The summed E-state index contributed by atoms with van der Waals surface area (Å²) in [4.78, 5) is 5.01. The Morgan fingerprint density at radius 2 is 1.88 bits per heavy atom. The first kappa shape index (κ1) is 18.4. The molecule has 1 spiro atoms. The number of piperidine rings is 1. The molecule has 0 aromatic heterocycles. The van der Waals surface area contributed by atoms with Crippen molar-refractivity contribution in [2.45, 2.75) is 37.3 Å². The summed E-state index contributed by atoms with van der Waals surface area (Å²) in [5.41, 5.74) is 2.71. The van der Waals surface area contributed by atoms with Gasteiger partial charge in [-0.3, -0.25) is 9.80 Å². The SMILES string of the molecule is CCOCCN1CCN([C@@H]2c3ccccc3C3(CCNCC3)[C@H]2O)CC1. The number of nitrogens with one attached hydrogen (secondary N) is 1. The molecule has 2 N–H and O–H groups in total. The van der Waals surface area contributed by atoms with Crippen LogP contribution in [0.4, 0.5) is 0 Å². The maximum Gasteiger partial charge on any atom is 0.0834 e. The Morgan fingerprint density at radius 3 is 2.62 bits per heavy atom. The molecule has 4 rings (SSSR count). The fraction of sp³-hybridized carbons (Fsp3) is 0.714. The molecule has 2 heterocycles. The number of aliphatic hydroxyl groups excluding tert-OH is 1. The second-order valence-electron chi connectivity index (χ2n) is 7.96. The van der Waals surface area contributed by atoms with Gasteiger partial charge in [-0.15, -0.1) is 0 Å². The van der Waals surface area contributed by atoms with Crippen LogP contribution in [0.3, 0.4) is 0 Å². The Bertz CT molecular complexity index is 595. The van der Waals surface area contributed by atoms with E-state index in [1.165, 1.54) is 11.1 Å². The molecule has 2 atom stereocenters. The van der Waals surface area contributed by atoms with Crippen LogP contribution in [-0.4, -0.2) is 80.0 Å². The molecule has 1 aromatic carbocycles. The van der Waals surface area contributed by atoms with E-state index >= 15 is 0 Å². The van der Waals surface area contributed by atoms with Gasteiger partial charge in [0.25, 0.3) is 0 Å². The highest BCUT2D eigenvalue weighted by Gasteiger charge is 2.53. The molecule has 2 fully saturated rings. The molecule has 3 aliphatic rings. The monoisotopic (exact) mass is 359 g/mol. The average molecular weight is 360 g/mol. The van der Waals surface area contributed by atoms with E-state index in [0.29, 0.717) is 0 Å². The molecule has 144 valence electrons. The van der Waals surface area contributed by atoms with Gasteiger partial charge in [0.05, 0.1) is 18.8 Å². The third-order valence-electron chi connectivity index (χ3n) is 6.73. The lowest BCUT2D eigenvalue weighted by atomic mass is 9.72. The molecule has 26 heavy (non-hydrogen) atoms. The number of hydrogen-bond acceptors (Lipinski definition) is 5. The predicted octanol–water partition coefficient (Wildman–Crippen LogP) is 1.38. The van der Waals surface area contributed by atoms with Gasteiger partial charge in [-0.2, -0.15) is 0 Å². The molecule has 5 nitrogen and oxygen atoms in total. The minimum absolute atomic E-state index is 0.0569. The van der Waals surface area contributed by atoms with Crippen molar-refractivity contribution in [3.8, 4) is 0 Å². The molecule has 0 saturated carbocycles. The van der Waals surface area contributed by atoms with Crippen LogP contribution < -0.4 is 5.32 Å². The van der Waals surface area contributed by atoms with E-state index in [0.717, 1.165) is 71.9 Å². The van der Waals surface area contributed by atoms with E-state index in [2.05, 4.69) is 39.4 Å². The summed E-state index contributed by atoms with van der Waals surface area (Å²) in [6, 6.07) is 8.95. The summed E-state index contributed by atoms with van der Waals surface area (Å²) in [6.45, 7) is 10.9. The molecular formula is C21H33N3O2. The first-order chi connectivity index (χ1) is 12.8. The first-order valence-electron chi connectivity index (χ1n) is 10.3. The summed E-state index contributed by atoms with van der Waals surface area (Å²) < 4.78 is 5.50. The van der Waals surface area contributed by atoms with E-state index in [1.807, 2.05) is 6.92 Å². The van der Waals surface area contributed by atoms with Crippen molar-refractivity contribution < 1.29 is 9.84 Å². The Balaban J connectivity index is 1.49. The average Bonchev–Trinajstić information content (AvgIpc) is 2.92. The summed E-state index contributed by atoms with van der Waals surface area (Å²) >= 11 is 0. The first-order valence-corrected chi connectivity index (χ1v) is 10.3. The highest BCUT2D eigenvalue weighted by molar-refractivity contribution is 5.45. The molecule has 0 bridgehead atoms. The van der Waals surface area contributed by atoms with Crippen LogP contribution in [0.5, 0.6) is 0 Å². The molecule has 0 amide bonds. The highest BCUT2D eigenvalue weighted by atomic mass is 16.5. The van der Waals surface area contributed by atoms with Crippen molar-refractivity contribution in [1.82, 2.24) is 15.1 Å².